The van der Waals surface area contributed by atoms with Crippen LogP contribution in [-0.4, -0.2) is 91.8 Å². The normalized spacial score (nSPS) is 20.4. The second-order valence-corrected chi connectivity index (χ2v) is 21.4. The molecule has 1 aliphatic heterocycles. The minimum Gasteiger partial charge on any atom is -0.491 e. The molecule has 2 heterocycles. The molecule has 3 fully saturated rings. The summed E-state index contributed by atoms with van der Waals surface area (Å²) in [6.45, 7) is 12.6. The predicted octanol–water partition coefficient (Wildman–Crippen LogP) is 9.94. The Balaban J connectivity index is 0.801. The monoisotopic (exact) mass is 987 g/mol. The van der Waals surface area contributed by atoms with Gasteiger partial charge in [-0.1, -0.05) is 82.8 Å². The lowest BCUT2D eigenvalue weighted by atomic mass is 9.49. The zero-order valence-corrected chi connectivity index (χ0v) is 42.7. The highest BCUT2D eigenvalue weighted by atomic mass is 35.5. The van der Waals surface area contributed by atoms with Crippen LogP contribution in [-0.2, 0) is 14.3 Å². The highest BCUT2D eigenvalue weighted by Gasteiger charge is 2.64. The average molecular weight is 989 g/mol. The Morgan fingerprint density at radius 1 is 0.914 bits per heavy atom. The van der Waals surface area contributed by atoms with Gasteiger partial charge in [0.25, 0.3) is 5.91 Å². The summed E-state index contributed by atoms with van der Waals surface area (Å²) >= 11 is 7.85. The lowest BCUT2D eigenvalue weighted by Gasteiger charge is -2.63. The zero-order valence-electron chi connectivity index (χ0n) is 41.1. The van der Waals surface area contributed by atoms with Crippen LogP contribution in [0.4, 0.5) is 5.69 Å². The van der Waals surface area contributed by atoms with Gasteiger partial charge in [-0.15, -0.1) is 11.3 Å². The number of carbonyl (C=O) groups excluding carboxylic acids is 3. The van der Waals surface area contributed by atoms with E-state index < -0.39 is 6.04 Å². The van der Waals surface area contributed by atoms with Crippen molar-refractivity contribution < 1.29 is 28.6 Å². The van der Waals surface area contributed by atoms with Crippen LogP contribution in [0.5, 0.6) is 11.5 Å². The summed E-state index contributed by atoms with van der Waals surface area (Å²) in [5.41, 5.74) is 2.98. The van der Waals surface area contributed by atoms with Gasteiger partial charge in [-0.2, -0.15) is 5.26 Å². The van der Waals surface area contributed by atoms with E-state index >= 15 is 0 Å². The summed E-state index contributed by atoms with van der Waals surface area (Å²) in [6.07, 6.45) is 6.77. The molecule has 8 rings (SSSR count). The van der Waals surface area contributed by atoms with Gasteiger partial charge in [-0.05, 0) is 99.5 Å². The Kier molecular flexibility index (Phi) is 16.0. The third-order valence-corrected chi connectivity index (χ3v) is 15.9. The van der Waals surface area contributed by atoms with E-state index in [1.807, 2.05) is 54.3 Å². The third kappa shape index (κ3) is 10.9. The van der Waals surface area contributed by atoms with E-state index in [-0.39, 0.29) is 58.7 Å². The van der Waals surface area contributed by atoms with E-state index in [1.165, 1.54) is 6.42 Å². The van der Waals surface area contributed by atoms with Crippen molar-refractivity contribution in [2.45, 2.75) is 110 Å². The van der Waals surface area contributed by atoms with Gasteiger partial charge >= 0.3 is 0 Å². The fourth-order valence-electron chi connectivity index (χ4n) is 11.0. The summed E-state index contributed by atoms with van der Waals surface area (Å²) in [4.78, 5) is 48.0. The van der Waals surface area contributed by atoms with Gasteiger partial charge in [0.1, 0.15) is 41.3 Å². The van der Waals surface area contributed by atoms with Gasteiger partial charge in [0.2, 0.25) is 11.8 Å². The molecule has 3 amide bonds. The van der Waals surface area contributed by atoms with E-state index in [0.29, 0.717) is 54.8 Å². The first kappa shape index (κ1) is 50.7. The van der Waals surface area contributed by atoms with E-state index in [2.05, 4.69) is 78.6 Å². The molecular weight excluding hydrogens is 922 g/mol. The molecule has 3 aliphatic rings. The highest BCUT2D eigenvalue weighted by molar-refractivity contribution is 7.10. The number of ether oxygens (including phenoxy) is 3. The second kappa shape index (κ2) is 22.1. The van der Waals surface area contributed by atoms with Crippen LogP contribution in [0.15, 0.2) is 84.2 Å². The first-order valence-electron chi connectivity index (χ1n) is 24.7. The Hall–Kier alpha value is -5.72. The fourth-order valence-corrected chi connectivity index (χ4v) is 12.2. The van der Waals surface area contributed by atoms with Gasteiger partial charge in [-0.25, -0.2) is 4.98 Å². The quantitative estimate of drug-likeness (QED) is 0.0585. The van der Waals surface area contributed by atoms with Gasteiger partial charge in [-0.3, -0.25) is 14.4 Å². The Morgan fingerprint density at radius 2 is 1.66 bits per heavy atom. The van der Waals surface area contributed by atoms with Crippen LogP contribution in [0.3, 0.4) is 0 Å². The molecule has 2 aliphatic carbocycles. The number of nitrogens with one attached hydrogen (secondary N) is 4. The number of benzene rings is 4. The SMILES string of the molecule is CN[C@@H](C)C(=O)N[C@H](C(=O)N1CCC[C@H]1c1nc(-c2ccc(OCCOCCNc3ccc(C(=O)NC4C(C)(C)C(Oc5ccc(C#N)c(Cl)c5)C4(C)C)cc3)c3ccccc23)cs1)C1CCCCC1. The summed E-state index contributed by atoms with van der Waals surface area (Å²) in [5.74, 6) is 1.22. The summed E-state index contributed by atoms with van der Waals surface area (Å²) < 4.78 is 18.6. The maximum Gasteiger partial charge on any atom is 0.251 e. The van der Waals surface area contributed by atoms with E-state index in [0.717, 1.165) is 77.0 Å². The topological polar surface area (TPSA) is 167 Å². The van der Waals surface area contributed by atoms with Crippen molar-refractivity contribution in [1.82, 2.24) is 25.8 Å². The van der Waals surface area contributed by atoms with Crippen molar-refractivity contribution in [2.24, 2.45) is 16.7 Å². The summed E-state index contributed by atoms with van der Waals surface area (Å²) in [7, 11) is 1.76. The van der Waals surface area contributed by atoms with Gasteiger partial charge in [0, 0.05) is 63.6 Å². The number of halogens is 1. The van der Waals surface area contributed by atoms with Crippen LogP contribution in [0.2, 0.25) is 5.02 Å². The molecule has 4 N–H and O–H groups in total. The first-order valence-corrected chi connectivity index (χ1v) is 25.9. The van der Waals surface area contributed by atoms with Gasteiger partial charge in [0.15, 0.2) is 0 Å². The zero-order chi connectivity index (χ0) is 49.6. The number of amides is 3. The van der Waals surface area contributed by atoms with Crippen molar-refractivity contribution in [3.63, 3.8) is 0 Å². The van der Waals surface area contributed by atoms with Crippen LogP contribution >= 0.6 is 22.9 Å². The fraction of sp³-hybridized carbons (Fsp3) is 0.473. The molecule has 13 nitrogen and oxygen atoms in total. The standard InChI is InChI=1S/C55H66ClN7O6S/c1-34(58-6)48(64)61-47(35-13-8-7-9-14-35)51(66)63-27-12-17-45(63)50-60-44(33-70-50)41-24-25-46(42-16-11-10-15-40(41)42)68-30-29-67-28-26-59-38-21-18-36(19-22-38)49(65)62-52-54(2,3)53(55(52,4)5)69-39-23-20-37(32-57)43(56)31-39/h10-11,15-16,18-25,31,33-35,45,47,52-53,58-59H,7-9,12-14,17,26-30H2,1-6H3,(H,61,64)(H,62,65)/t34-,45-,47-,52?,53?/m0/s1. The molecule has 70 heavy (non-hydrogen) atoms. The lowest BCUT2D eigenvalue weighted by molar-refractivity contribution is -0.164. The number of aromatic nitrogens is 1. The minimum atomic E-state index is -0.532. The molecule has 5 aromatic rings. The number of hydrogen-bond donors (Lipinski definition) is 4. The number of rotatable bonds is 19. The number of hydrogen-bond acceptors (Lipinski definition) is 11. The van der Waals surface area contributed by atoms with Crippen molar-refractivity contribution in [2.75, 3.05) is 45.3 Å². The number of carbonyl (C=O) groups is 3. The largest absolute Gasteiger partial charge is 0.491 e. The van der Waals surface area contributed by atoms with Crippen molar-refractivity contribution in [1.29, 1.82) is 5.26 Å². The molecule has 0 unspecified atom stereocenters. The van der Waals surface area contributed by atoms with E-state index in [1.54, 1.807) is 36.6 Å². The molecule has 0 spiro atoms. The third-order valence-electron chi connectivity index (χ3n) is 14.7. The van der Waals surface area contributed by atoms with Crippen LogP contribution in [0, 0.1) is 28.1 Å². The number of thiazole rings is 1. The van der Waals surface area contributed by atoms with Crippen LogP contribution in [0.1, 0.15) is 107 Å². The maximum absolute atomic E-state index is 14.4. The first-order chi connectivity index (χ1) is 33.7. The number of likely N-dealkylation sites (N-methyl/N-ethyl adjacent to an activating group) is 1. The van der Waals surface area contributed by atoms with E-state index in [9.17, 15) is 19.6 Å². The molecular formula is C55H66ClN7O6S. The molecule has 1 saturated heterocycles. The Labute approximate surface area is 421 Å². The Morgan fingerprint density at radius 3 is 2.37 bits per heavy atom. The second-order valence-electron chi connectivity index (χ2n) is 20.1. The summed E-state index contributed by atoms with van der Waals surface area (Å²) in [6, 6.07) is 25.6. The average Bonchev–Trinajstić information content (AvgIpc) is 4.07. The molecule has 2 saturated carbocycles. The number of nitrogens with zero attached hydrogens (tertiary/aromatic N) is 3. The smallest absolute Gasteiger partial charge is 0.251 e. The summed E-state index contributed by atoms with van der Waals surface area (Å²) in [5, 5.41) is 27.4. The Bertz CT molecular complexity index is 2680. The molecule has 370 valence electrons. The maximum atomic E-state index is 14.4. The predicted molar refractivity (Wildman–Crippen MR) is 276 cm³/mol. The molecule has 4 aromatic carbocycles. The van der Waals surface area contributed by atoms with Crippen LogP contribution < -0.4 is 30.7 Å². The van der Waals surface area contributed by atoms with Crippen molar-refractivity contribution >= 4 is 57.1 Å². The number of anilines is 1. The molecule has 0 radical (unpaired) electrons. The van der Waals surface area contributed by atoms with Crippen LogP contribution in [0.25, 0.3) is 22.0 Å². The lowest BCUT2D eigenvalue weighted by Crippen LogP contribution is -2.74. The molecule has 1 aromatic heterocycles. The highest BCUT2D eigenvalue weighted by Crippen LogP contribution is 2.55. The number of likely N-dealkylation sites (tertiary alicyclic amines) is 1. The van der Waals surface area contributed by atoms with E-state index in [4.69, 9.17) is 30.8 Å². The van der Waals surface area contributed by atoms with Crippen molar-refractivity contribution in [3.05, 3.63) is 105 Å². The number of fused-ring (bicyclic) bond motifs is 1. The van der Waals surface area contributed by atoms with Gasteiger partial charge < -0.3 is 40.4 Å². The molecule has 3 atom stereocenters. The van der Waals surface area contributed by atoms with Gasteiger partial charge in [0.05, 0.1) is 41.6 Å². The molecule has 15 heteroatoms. The van der Waals surface area contributed by atoms with Crippen molar-refractivity contribution in [3.8, 4) is 28.8 Å². The minimum absolute atomic E-state index is 0.0120. The number of nitriles is 1. The molecule has 0 bridgehead atoms.